The summed E-state index contributed by atoms with van der Waals surface area (Å²) < 4.78 is 13.7. The third kappa shape index (κ3) is 3.34. The van der Waals surface area contributed by atoms with Gasteiger partial charge in [-0.05, 0) is 41.1 Å². The number of aromatic nitrogens is 2. The Morgan fingerprint density at radius 3 is 2.66 bits per heavy atom. The van der Waals surface area contributed by atoms with E-state index in [2.05, 4.69) is 10.4 Å². The summed E-state index contributed by atoms with van der Waals surface area (Å²) in [6.45, 7) is 0. The number of carbonyl (C=O) groups is 1. The van der Waals surface area contributed by atoms with Crippen LogP contribution in [0.4, 0.5) is 5.82 Å². The summed E-state index contributed by atoms with van der Waals surface area (Å²) >= 11 is 6.14. The van der Waals surface area contributed by atoms with Crippen LogP contribution in [0.15, 0.2) is 66.7 Å². The molecule has 1 atom stereocenters. The maximum atomic E-state index is 13.0. The third-order valence-corrected chi connectivity index (χ3v) is 6.41. The summed E-state index contributed by atoms with van der Waals surface area (Å²) in [6, 6.07) is 20.8. The second kappa shape index (κ2) is 7.13. The Labute approximate surface area is 174 Å². The highest BCUT2D eigenvalue weighted by molar-refractivity contribution is 7.83. The molecule has 1 aliphatic heterocycles. The molecule has 5 rings (SSSR count). The van der Waals surface area contributed by atoms with Gasteiger partial charge in [0, 0.05) is 26.9 Å². The standard InChI is InChI=1S/C22H16ClN3O2S/c23-17-6-3-7-18(11-17)26-21(19-12-29(28)13-20(19)25-26)24-22(27)16-9-8-14-4-1-2-5-15(14)10-16/h1-11H,12-13H2,(H,24,27). The second-order valence-electron chi connectivity index (χ2n) is 6.91. The van der Waals surface area contributed by atoms with Crippen LogP contribution in [0.5, 0.6) is 0 Å². The van der Waals surface area contributed by atoms with Crippen LogP contribution in [0.2, 0.25) is 5.02 Å². The zero-order valence-electron chi connectivity index (χ0n) is 15.3. The summed E-state index contributed by atoms with van der Waals surface area (Å²) in [6.07, 6.45) is 0. The van der Waals surface area contributed by atoms with Gasteiger partial charge in [0.2, 0.25) is 0 Å². The average Bonchev–Trinajstić information content (AvgIpc) is 3.24. The van der Waals surface area contributed by atoms with E-state index in [-0.39, 0.29) is 5.91 Å². The molecule has 2 heterocycles. The van der Waals surface area contributed by atoms with Gasteiger partial charge in [-0.3, -0.25) is 9.00 Å². The van der Waals surface area contributed by atoms with Crippen molar-refractivity contribution in [1.82, 2.24) is 9.78 Å². The predicted molar refractivity (Wildman–Crippen MR) is 116 cm³/mol. The van der Waals surface area contributed by atoms with E-state index in [1.54, 1.807) is 22.9 Å². The minimum absolute atomic E-state index is 0.237. The van der Waals surface area contributed by atoms with Gasteiger partial charge >= 0.3 is 0 Å². The van der Waals surface area contributed by atoms with Crippen LogP contribution in [0, 0.1) is 0 Å². The Balaban J connectivity index is 1.56. The zero-order valence-corrected chi connectivity index (χ0v) is 16.8. The number of fused-ring (bicyclic) bond motifs is 2. The molecule has 0 fully saturated rings. The smallest absolute Gasteiger partial charge is 0.256 e. The second-order valence-corrected chi connectivity index (χ2v) is 8.80. The van der Waals surface area contributed by atoms with Crippen molar-refractivity contribution in [3.8, 4) is 5.69 Å². The maximum absolute atomic E-state index is 13.0. The SMILES string of the molecule is O=C(Nc1c2c(nn1-c1cccc(Cl)c1)CS(=O)C2)c1ccc2ccccc2c1. The van der Waals surface area contributed by atoms with Crippen molar-refractivity contribution >= 4 is 44.9 Å². The van der Waals surface area contributed by atoms with Gasteiger partial charge in [-0.25, -0.2) is 4.68 Å². The van der Waals surface area contributed by atoms with Crippen LogP contribution in [-0.2, 0) is 22.3 Å². The molecule has 3 aromatic carbocycles. The van der Waals surface area contributed by atoms with Gasteiger partial charge in [-0.1, -0.05) is 48.0 Å². The van der Waals surface area contributed by atoms with Crippen LogP contribution < -0.4 is 5.32 Å². The molecule has 7 heteroatoms. The first kappa shape index (κ1) is 18.1. The first-order valence-electron chi connectivity index (χ1n) is 9.10. The van der Waals surface area contributed by atoms with Gasteiger partial charge in [-0.15, -0.1) is 0 Å². The van der Waals surface area contributed by atoms with Gasteiger partial charge in [0.15, 0.2) is 0 Å². The monoisotopic (exact) mass is 421 g/mol. The van der Waals surface area contributed by atoms with E-state index in [9.17, 15) is 9.00 Å². The first-order chi connectivity index (χ1) is 14.1. The quantitative estimate of drug-likeness (QED) is 0.521. The molecule has 1 N–H and O–H groups in total. The van der Waals surface area contributed by atoms with Gasteiger partial charge in [-0.2, -0.15) is 5.10 Å². The van der Waals surface area contributed by atoms with E-state index < -0.39 is 10.8 Å². The highest BCUT2D eigenvalue weighted by Gasteiger charge is 2.28. The minimum Gasteiger partial charge on any atom is -0.306 e. The number of anilines is 1. The van der Waals surface area contributed by atoms with Crippen LogP contribution in [0.3, 0.4) is 0 Å². The fourth-order valence-corrected chi connectivity index (χ4v) is 5.01. The molecule has 5 nitrogen and oxygen atoms in total. The lowest BCUT2D eigenvalue weighted by Gasteiger charge is -2.12. The van der Waals surface area contributed by atoms with Crippen molar-refractivity contribution in [1.29, 1.82) is 0 Å². The topological polar surface area (TPSA) is 64.0 Å². The molecule has 0 spiro atoms. The molecule has 0 radical (unpaired) electrons. The number of nitrogens with one attached hydrogen (secondary N) is 1. The van der Waals surface area contributed by atoms with Gasteiger partial charge in [0.25, 0.3) is 5.91 Å². The number of rotatable bonds is 3. The van der Waals surface area contributed by atoms with Crippen molar-refractivity contribution in [2.24, 2.45) is 0 Å². The lowest BCUT2D eigenvalue weighted by atomic mass is 10.1. The molecule has 4 aromatic rings. The Morgan fingerprint density at radius 2 is 1.83 bits per heavy atom. The molecule has 0 bridgehead atoms. The molecule has 144 valence electrons. The normalized spacial score (nSPS) is 15.4. The third-order valence-electron chi connectivity index (χ3n) is 4.97. The first-order valence-corrected chi connectivity index (χ1v) is 11.0. The lowest BCUT2D eigenvalue weighted by Crippen LogP contribution is -2.16. The fraction of sp³-hybridized carbons (Fsp3) is 0.0909. The number of halogens is 1. The molecule has 1 aliphatic rings. The fourth-order valence-electron chi connectivity index (χ4n) is 3.56. The van der Waals surface area contributed by atoms with Gasteiger partial charge in [0.1, 0.15) is 5.82 Å². The minimum atomic E-state index is -0.999. The average molecular weight is 422 g/mol. The van der Waals surface area contributed by atoms with Crippen molar-refractivity contribution in [2.45, 2.75) is 11.5 Å². The van der Waals surface area contributed by atoms with Crippen LogP contribution >= 0.6 is 11.6 Å². The van der Waals surface area contributed by atoms with Crippen LogP contribution in [-0.4, -0.2) is 19.9 Å². The van der Waals surface area contributed by atoms with Crippen LogP contribution in [0.1, 0.15) is 21.6 Å². The van der Waals surface area contributed by atoms with Gasteiger partial charge < -0.3 is 5.32 Å². The molecule has 1 aromatic heterocycles. The highest BCUT2D eigenvalue weighted by Crippen LogP contribution is 2.32. The Hall–Kier alpha value is -2.96. The van der Waals surface area contributed by atoms with Crippen molar-refractivity contribution in [3.05, 3.63) is 88.6 Å². The molecular formula is C22H16ClN3O2S. The summed E-state index contributed by atoms with van der Waals surface area (Å²) in [5.74, 6) is 1.08. The van der Waals surface area contributed by atoms with Gasteiger partial charge in [0.05, 0.1) is 22.9 Å². The number of amides is 1. The molecular weight excluding hydrogens is 406 g/mol. The van der Waals surface area contributed by atoms with Crippen LogP contribution in [0.25, 0.3) is 16.5 Å². The summed E-state index contributed by atoms with van der Waals surface area (Å²) in [4.78, 5) is 13.0. The largest absolute Gasteiger partial charge is 0.306 e. The van der Waals surface area contributed by atoms with Crippen molar-refractivity contribution in [3.63, 3.8) is 0 Å². The number of benzene rings is 3. The molecule has 0 aliphatic carbocycles. The maximum Gasteiger partial charge on any atom is 0.256 e. The van der Waals surface area contributed by atoms with Crippen molar-refractivity contribution < 1.29 is 9.00 Å². The Morgan fingerprint density at radius 1 is 1.00 bits per heavy atom. The summed E-state index contributed by atoms with van der Waals surface area (Å²) in [7, 11) is -0.999. The lowest BCUT2D eigenvalue weighted by molar-refractivity contribution is 0.102. The molecule has 1 unspecified atom stereocenters. The predicted octanol–water partition coefficient (Wildman–Crippen LogP) is 4.69. The van der Waals surface area contributed by atoms with E-state index >= 15 is 0 Å². The highest BCUT2D eigenvalue weighted by atomic mass is 35.5. The zero-order chi connectivity index (χ0) is 20.0. The summed E-state index contributed by atoms with van der Waals surface area (Å²) in [5.41, 5.74) is 2.86. The van der Waals surface area contributed by atoms with E-state index in [0.29, 0.717) is 27.9 Å². The Bertz CT molecular complexity index is 1300. The number of carbonyl (C=O) groups excluding carboxylic acids is 1. The van der Waals surface area contributed by atoms with E-state index in [1.165, 1.54) is 0 Å². The Kier molecular flexibility index (Phi) is 4.45. The number of hydrogen-bond donors (Lipinski definition) is 1. The van der Waals surface area contributed by atoms with Crippen molar-refractivity contribution in [2.75, 3.05) is 5.32 Å². The summed E-state index contributed by atoms with van der Waals surface area (Å²) in [5, 5.41) is 10.2. The van der Waals surface area contributed by atoms with E-state index in [4.69, 9.17) is 11.6 Å². The number of nitrogens with zero attached hydrogens (tertiary/aromatic N) is 2. The molecule has 1 amide bonds. The molecule has 0 saturated heterocycles. The van der Waals surface area contributed by atoms with E-state index in [1.807, 2.05) is 48.5 Å². The molecule has 29 heavy (non-hydrogen) atoms. The number of hydrogen-bond acceptors (Lipinski definition) is 3. The van der Waals surface area contributed by atoms with E-state index in [0.717, 1.165) is 27.7 Å². The molecule has 0 saturated carbocycles.